The number of hydrogen-bond donors (Lipinski definition) is 1. The maximum Gasteiger partial charge on any atom is 0.258 e. The molecule has 1 aromatic heterocycles. The zero-order valence-electron chi connectivity index (χ0n) is 7.46. The SMILES string of the molecule is O=c1[nH]c(CCBr)nc2ccccc12. The molecule has 0 amide bonds. The first-order valence-corrected chi connectivity index (χ1v) is 5.47. The minimum absolute atomic E-state index is 0.0634. The average molecular weight is 253 g/mol. The normalized spacial score (nSPS) is 10.6. The maximum atomic E-state index is 11.6. The van der Waals surface area contributed by atoms with Gasteiger partial charge in [-0.25, -0.2) is 4.98 Å². The average Bonchev–Trinajstić information content (AvgIpc) is 2.18. The molecule has 0 radical (unpaired) electrons. The van der Waals surface area contributed by atoms with Crippen molar-refractivity contribution in [2.45, 2.75) is 6.42 Å². The zero-order valence-corrected chi connectivity index (χ0v) is 9.04. The topological polar surface area (TPSA) is 45.8 Å². The van der Waals surface area contributed by atoms with Crippen molar-refractivity contribution in [1.29, 1.82) is 0 Å². The Kier molecular flexibility index (Phi) is 2.63. The number of aromatic nitrogens is 2. The van der Waals surface area contributed by atoms with Crippen LogP contribution in [0, 0.1) is 0 Å². The number of fused-ring (bicyclic) bond motifs is 1. The number of aromatic amines is 1. The van der Waals surface area contributed by atoms with Crippen LogP contribution in [0.15, 0.2) is 29.1 Å². The Morgan fingerprint density at radius 3 is 2.93 bits per heavy atom. The Balaban J connectivity index is 2.66. The highest BCUT2D eigenvalue weighted by Crippen LogP contribution is 2.05. The van der Waals surface area contributed by atoms with Crippen LogP contribution in [0.3, 0.4) is 0 Å². The van der Waals surface area contributed by atoms with E-state index in [9.17, 15) is 4.79 Å². The molecule has 0 saturated heterocycles. The molecule has 0 aliphatic heterocycles. The van der Waals surface area contributed by atoms with Crippen LogP contribution in [0.2, 0.25) is 0 Å². The summed E-state index contributed by atoms with van der Waals surface area (Å²) in [5.41, 5.74) is 0.693. The standard InChI is InChI=1S/C10H9BrN2O/c11-6-5-9-12-8-4-2-1-3-7(8)10(14)13-9/h1-4H,5-6H2,(H,12,13,14). The van der Waals surface area contributed by atoms with E-state index >= 15 is 0 Å². The van der Waals surface area contributed by atoms with Crippen LogP contribution < -0.4 is 5.56 Å². The first-order chi connectivity index (χ1) is 6.81. The van der Waals surface area contributed by atoms with Crippen LogP contribution in [0.1, 0.15) is 5.82 Å². The van der Waals surface area contributed by atoms with E-state index in [4.69, 9.17) is 0 Å². The third-order valence-electron chi connectivity index (χ3n) is 1.99. The van der Waals surface area contributed by atoms with E-state index in [2.05, 4.69) is 25.9 Å². The predicted molar refractivity (Wildman–Crippen MR) is 59.9 cm³/mol. The molecule has 0 spiro atoms. The Labute approximate surface area is 89.3 Å². The van der Waals surface area contributed by atoms with E-state index in [1.807, 2.05) is 18.2 Å². The minimum Gasteiger partial charge on any atom is -0.310 e. The summed E-state index contributed by atoms with van der Waals surface area (Å²) in [6, 6.07) is 7.34. The lowest BCUT2D eigenvalue weighted by Gasteiger charge is -1.99. The number of H-pyrrole nitrogens is 1. The van der Waals surface area contributed by atoms with Crippen molar-refractivity contribution in [1.82, 2.24) is 9.97 Å². The molecule has 0 unspecified atom stereocenters. The number of rotatable bonds is 2. The molecule has 0 bridgehead atoms. The van der Waals surface area contributed by atoms with Gasteiger partial charge in [0, 0.05) is 11.8 Å². The lowest BCUT2D eigenvalue weighted by molar-refractivity contribution is 0.956. The fourth-order valence-electron chi connectivity index (χ4n) is 1.34. The van der Waals surface area contributed by atoms with Gasteiger partial charge in [-0.05, 0) is 12.1 Å². The zero-order chi connectivity index (χ0) is 9.97. The van der Waals surface area contributed by atoms with Crippen molar-refractivity contribution >= 4 is 26.8 Å². The van der Waals surface area contributed by atoms with Crippen LogP contribution in [-0.2, 0) is 6.42 Å². The number of benzene rings is 1. The van der Waals surface area contributed by atoms with E-state index in [1.165, 1.54) is 0 Å². The molecule has 0 fully saturated rings. The van der Waals surface area contributed by atoms with Crippen LogP contribution in [0.5, 0.6) is 0 Å². The molecule has 2 aromatic rings. The van der Waals surface area contributed by atoms with Crippen molar-refractivity contribution in [3.63, 3.8) is 0 Å². The summed E-state index contributed by atoms with van der Waals surface area (Å²) in [4.78, 5) is 18.7. The van der Waals surface area contributed by atoms with Gasteiger partial charge in [0.05, 0.1) is 10.9 Å². The second-order valence-corrected chi connectivity index (χ2v) is 3.76. The van der Waals surface area contributed by atoms with Gasteiger partial charge in [-0.15, -0.1) is 0 Å². The summed E-state index contributed by atoms with van der Waals surface area (Å²) in [5.74, 6) is 0.727. The van der Waals surface area contributed by atoms with Crippen molar-refractivity contribution in [2.24, 2.45) is 0 Å². The predicted octanol–water partition coefficient (Wildman–Crippen LogP) is 1.86. The Morgan fingerprint density at radius 2 is 2.14 bits per heavy atom. The molecule has 0 aliphatic rings. The van der Waals surface area contributed by atoms with Gasteiger partial charge in [-0.1, -0.05) is 28.1 Å². The molecule has 2 rings (SSSR count). The number of alkyl halides is 1. The number of halogens is 1. The quantitative estimate of drug-likeness (QED) is 0.830. The van der Waals surface area contributed by atoms with E-state index in [0.717, 1.165) is 23.1 Å². The van der Waals surface area contributed by atoms with Gasteiger partial charge in [0.25, 0.3) is 5.56 Å². The fourth-order valence-corrected chi connectivity index (χ4v) is 1.72. The number of nitrogens with zero attached hydrogens (tertiary/aromatic N) is 1. The lowest BCUT2D eigenvalue weighted by Crippen LogP contribution is -2.11. The first-order valence-electron chi connectivity index (χ1n) is 4.35. The number of nitrogens with one attached hydrogen (secondary N) is 1. The molecule has 1 heterocycles. The van der Waals surface area contributed by atoms with E-state index in [0.29, 0.717) is 5.39 Å². The van der Waals surface area contributed by atoms with Gasteiger partial charge in [0.2, 0.25) is 0 Å². The van der Waals surface area contributed by atoms with Crippen LogP contribution in [0.25, 0.3) is 10.9 Å². The Morgan fingerprint density at radius 1 is 1.36 bits per heavy atom. The number of aryl methyl sites for hydroxylation is 1. The largest absolute Gasteiger partial charge is 0.310 e. The third kappa shape index (κ3) is 1.70. The van der Waals surface area contributed by atoms with Gasteiger partial charge in [-0.2, -0.15) is 0 Å². The molecule has 1 N–H and O–H groups in total. The number of hydrogen-bond acceptors (Lipinski definition) is 2. The fraction of sp³-hybridized carbons (Fsp3) is 0.200. The second kappa shape index (κ2) is 3.92. The molecule has 3 nitrogen and oxygen atoms in total. The van der Waals surface area contributed by atoms with Gasteiger partial charge in [0.15, 0.2) is 0 Å². The summed E-state index contributed by atoms with van der Waals surface area (Å²) in [6.45, 7) is 0. The molecule has 14 heavy (non-hydrogen) atoms. The summed E-state index contributed by atoms with van der Waals surface area (Å²) < 4.78 is 0. The number of para-hydroxylation sites is 1. The monoisotopic (exact) mass is 252 g/mol. The molecule has 0 saturated carbocycles. The summed E-state index contributed by atoms with van der Waals surface area (Å²) >= 11 is 3.31. The summed E-state index contributed by atoms with van der Waals surface area (Å²) in [7, 11) is 0. The highest BCUT2D eigenvalue weighted by molar-refractivity contribution is 9.09. The molecular formula is C10H9BrN2O. The van der Waals surface area contributed by atoms with Crippen LogP contribution in [0.4, 0.5) is 0 Å². The molecule has 72 valence electrons. The first kappa shape index (κ1) is 9.40. The molecule has 4 heteroatoms. The van der Waals surface area contributed by atoms with Gasteiger partial charge in [0.1, 0.15) is 5.82 Å². The van der Waals surface area contributed by atoms with E-state index < -0.39 is 0 Å². The minimum atomic E-state index is -0.0634. The summed E-state index contributed by atoms with van der Waals surface area (Å²) in [6.07, 6.45) is 0.736. The molecular weight excluding hydrogens is 244 g/mol. The highest BCUT2D eigenvalue weighted by atomic mass is 79.9. The van der Waals surface area contributed by atoms with E-state index in [1.54, 1.807) is 6.07 Å². The van der Waals surface area contributed by atoms with Crippen LogP contribution >= 0.6 is 15.9 Å². The third-order valence-corrected chi connectivity index (χ3v) is 2.39. The lowest BCUT2D eigenvalue weighted by atomic mass is 10.2. The Hall–Kier alpha value is -1.16. The molecule has 0 aliphatic carbocycles. The van der Waals surface area contributed by atoms with Crippen LogP contribution in [-0.4, -0.2) is 15.3 Å². The van der Waals surface area contributed by atoms with Crippen molar-refractivity contribution < 1.29 is 0 Å². The van der Waals surface area contributed by atoms with Crippen molar-refractivity contribution in [2.75, 3.05) is 5.33 Å². The van der Waals surface area contributed by atoms with Crippen molar-refractivity contribution in [3.05, 3.63) is 40.4 Å². The smallest absolute Gasteiger partial charge is 0.258 e. The van der Waals surface area contributed by atoms with Gasteiger partial charge < -0.3 is 4.98 Å². The van der Waals surface area contributed by atoms with Gasteiger partial charge in [-0.3, -0.25) is 4.79 Å². The Bertz CT molecular complexity index is 507. The van der Waals surface area contributed by atoms with E-state index in [-0.39, 0.29) is 5.56 Å². The van der Waals surface area contributed by atoms with Crippen molar-refractivity contribution in [3.8, 4) is 0 Å². The molecule has 1 aromatic carbocycles. The van der Waals surface area contributed by atoms with Gasteiger partial charge >= 0.3 is 0 Å². The second-order valence-electron chi connectivity index (χ2n) is 2.97. The molecule has 0 atom stereocenters. The maximum absolute atomic E-state index is 11.6. The highest BCUT2D eigenvalue weighted by Gasteiger charge is 2.01. The summed E-state index contributed by atoms with van der Waals surface area (Å²) in [5, 5.41) is 1.44.